The van der Waals surface area contributed by atoms with Gasteiger partial charge in [0.1, 0.15) is 0 Å². The van der Waals surface area contributed by atoms with Crippen LogP contribution in [0, 0.1) is 0 Å². The highest BCUT2D eigenvalue weighted by Gasteiger charge is 2.84. The van der Waals surface area contributed by atoms with E-state index in [1.807, 2.05) is 0 Å². The number of thioether (sulfide) groups is 2. The number of rotatable bonds is 2. The second-order valence-corrected chi connectivity index (χ2v) is 12.3. The maximum absolute atomic E-state index is 15.3. The van der Waals surface area contributed by atoms with Gasteiger partial charge in [0.15, 0.2) is 0 Å². The molecule has 0 aromatic carbocycles. The molecule has 6 rings (SSSR count). The van der Waals surface area contributed by atoms with Crippen LogP contribution in [0.2, 0.25) is 0 Å². The summed E-state index contributed by atoms with van der Waals surface area (Å²) in [6, 6.07) is 0. The molecule has 184 valence electrons. The second-order valence-electron chi connectivity index (χ2n) is 9.37. The van der Waals surface area contributed by atoms with Crippen LogP contribution in [0.15, 0.2) is 59.5 Å². The normalized spacial score (nSPS) is 31.9. The first-order valence-corrected chi connectivity index (χ1v) is 12.2. The Bertz CT molecular complexity index is 1340. The monoisotopic (exact) mass is 528 g/mol. The minimum absolute atomic E-state index is 0.200. The van der Waals surface area contributed by atoms with E-state index in [0.29, 0.717) is 21.2 Å². The minimum atomic E-state index is -5.57. The number of aryl methyl sites for hydroxylation is 2. The molecule has 2 aliphatic heterocycles. The predicted molar refractivity (Wildman–Crippen MR) is 123 cm³/mol. The number of hydrogen-bond acceptors (Lipinski definition) is 4. The zero-order chi connectivity index (χ0) is 25.3. The van der Waals surface area contributed by atoms with E-state index < -0.39 is 38.4 Å². The molecule has 4 nitrogen and oxygen atoms in total. The van der Waals surface area contributed by atoms with Crippen LogP contribution >= 0.6 is 23.5 Å². The number of nitrogens with zero attached hydrogens (tertiary/aromatic N) is 4. The fourth-order valence-electron chi connectivity index (χ4n) is 5.35. The molecule has 0 unspecified atom stereocenters. The van der Waals surface area contributed by atoms with Crippen molar-refractivity contribution in [2.45, 2.75) is 41.1 Å². The molecular weight excluding hydrogens is 510 g/mol. The summed E-state index contributed by atoms with van der Waals surface area (Å²) in [5, 5.41) is 0. The second kappa shape index (κ2) is 6.50. The maximum Gasteiger partial charge on any atom is 0.380 e. The Hall–Kier alpha value is -2.34. The van der Waals surface area contributed by atoms with E-state index in [1.54, 1.807) is 37.1 Å². The molecule has 1 saturated carbocycles. The van der Waals surface area contributed by atoms with Crippen LogP contribution < -0.4 is 0 Å². The van der Waals surface area contributed by atoms with Gasteiger partial charge in [0.25, 0.3) is 0 Å². The zero-order valence-electron chi connectivity index (χ0n) is 18.8. The van der Waals surface area contributed by atoms with Crippen molar-refractivity contribution in [3.63, 3.8) is 0 Å². The average Bonchev–Trinajstić information content (AvgIpc) is 3.53. The summed E-state index contributed by atoms with van der Waals surface area (Å²) in [5.74, 6) is -15.7. The van der Waals surface area contributed by atoms with Gasteiger partial charge in [0, 0.05) is 35.1 Å². The number of fused-ring (bicyclic) bond motifs is 4. The van der Waals surface area contributed by atoms with E-state index in [2.05, 4.69) is 9.97 Å². The van der Waals surface area contributed by atoms with Gasteiger partial charge in [-0.05, 0) is 37.1 Å². The van der Waals surface area contributed by atoms with Crippen molar-refractivity contribution in [3.05, 3.63) is 70.9 Å². The topological polar surface area (TPSA) is 35.6 Å². The Morgan fingerprint density at radius 2 is 1.06 bits per heavy atom. The Balaban J connectivity index is 1.69. The SMILES string of the molecule is Cn1cncc1C1=CC2=C3C(=C4C=C(c5cncn5C)S[C@@]4(C)[C@]2(C)S1)C(F)(F)C(F)(F)C3(F)F. The molecule has 1 fully saturated rings. The highest BCUT2D eigenvalue weighted by molar-refractivity contribution is 8.14. The molecular formula is C23H18F6N4S2. The molecule has 12 heteroatoms. The fraction of sp³-hybridized carbons (Fsp3) is 0.391. The lowest BCUT2D eigenvalue weighted by Crippen LogP contribution is -2.48. The van der Waals surface area contributed by atoms with Crippen LogP contribution in [-0.4, -0.2) is 46.4 Å². The van der Waals surface area contributed by atoms with Gasteiger partial charge < -0.3 is 9.13 Å². The molecule has 0 bridgehead atoms. The number of imidazole rings is 2. The average molecular weight is 529 g/mol. The van der Waals surface area contributed by atoms with E-state index in [-0.39, 0.29) is 11.1 Å². The van der Waals surface area contributed by atoms with Gasteiger partial charge in [-0.1, -0.05) is 0 Å². The van der Waals surface area contributed by atoms with E-state index in [0.717, 1.165) is 0 Å². The van der Waals surface area contributed by atoms with Crippen LogP contribution in [0.4, 0.5) is 26.3 Å². The van der Waals surface area contributed by atoms with Gasteiger partial charge in [0.2, 0.25) is 0 Å². The molecule has 2 atom stereocenters. The first-order valence-electron chi connectivity index (χ1n) is 10.6. The van der Waals surface area contributed by atoms with Crippen molar-refractivity contribution in [1.82, 2.24) is 19.1 Å². The van der Waals surface area contributed by atoms with E-state index in [1.165, 1.54) is 60.7 Å². The lowest BCUT2D eigenvalue weighted by Gasteiger charge is -2.47. The summed E-state index contributed by atoms with van der Waals surface area (Å²) in [4.78, 5) is 9.11. The standard InChI is InChI=1S/C23H18F6N4S2/c1-19-11(5-15(34-19)13-7-30-9-32(13)3)17-18(22(26,27)23(28,29)21(17,24)25)12-6-16(35-20(12,19)2)14-8-31-10-33(14)4/h5-10H,1-4H3/t19-,20-/m1/s1. The zero-order valence-corrected chi connectivity index (χ0v) is 20.5. The molecule has 4 aliphatic rings. The smallest absolute Gasteiger partial charge is 0.333 e. The third-order valence-corrected chi connectivity index (χ3v) is 10.8. The van der Waals surface area contributed by atoms with Gasteiger partial charge in [0.05, 0.1) is 45.9 Å². The number of halogens is 6. The summed E-state index contributed by atoms with van der Waals surface area (Å²) in [5.41, 5.74) is -1.78. The third-order valence-electron chi connectivity index (χ3n) is 7.46. The van der Waals surface area contributed by atoms with Crippen LogP contribution in [-0.2, 0) is 14.1 Å². The lowest BCUT2D eigenvalue weighted by molar-refractivity contribution is -0.258. The number of alkyl halides is 6. The molecule has 2 aromatic rings. The molecule has 0 amide bonds. The molecule has 4 heterocycles. The molecule has 2 aromatic heterocycles. The quantitative estimate of drug-likeness (QED) is 0.443. The van der Waals surface area contributed by atoms with Crippen molar-refractivity contribution in [1.29, 1.82) is 0 Å². The molecule has 2 aliphatic carbocycles. The molecule has 0 N–H and O–H groups in total. The lowest BCUT2D eigenvalue weighted by atomic mass is 9.71. The predicted octanol–water partition coefficient (Wildman–Crippen LogP) is 6.07. The van der Waals surface area contributed by atoms with Crippen molar-refractivity contribution >= 4 is 33.3 Å². The Labute approximate surface area is 204 Å². The van der Waals surface area contributed by atoms with Gasteiger partial charge in [-0.15, -0.1) is 23.5 Å². The van der Waals surface area contributed by atoms with Crippen LogP contribution in [0.1, 0.15) is 25.2 Å². The molecule has 0 spiro atoms. The first kappa shape index (κ1) is 23.1. The Kier molecular flexibility index (Phi) is 4.29. The summed E-state index contributed by atoms with van der Waals surface area (Å²) in [7, 11) is 3.42. The van der Waals surface area contributed by atoms with Gasteiger partial charge in [-0.3, -0.25) is 0 Å². The van der Waals surface area contributed by atoms with Crippen molar-refractivity contribution < 1.29 is 26.3 Å². The number of hydrogen-bond donors (Lipinski definition) is 0. The van der Waals surface area contributed by atoms with E-state index in [4.69, 9.17) is 0 Å². The summed E-state index contributed by atoms with van der Waals surface area (Å²) >= 11 is 2.41. The highest BCUT2D eigenvalue weighted by Crippen LogP contribution is 2.75. The molecule has 0 saturated heterocycles. The maximum atomic E-state index is 15.3. The highest BCUT2D eigenvalue weighted by atomic mass is 32.2. The molecule has 0 radical (unpaired) electrons. The van der Waals surface area contributed by atoms with Crippen LogP contribution in [0.5, 0.6) is 0 Å². The van der Waals surface area contributed by atoms with E-state index >= 15 is 17.6 Å². The molecule has 35 heavy (non-hydrogen) atoms. The largest absolute Gasteiger partial charge is 0.380 e. The fourth-order valence-corrected chi connectivity index (χ4v) is 8.59. The Morgan fingerprint density at radius 1 is 0.686 bits per heavy atom. The minimum Gasteiger partial charge on any atom is -0.333 e. The van der Waals surface area contributed by atoms with Crippen molar-refractivity contribution in [3.8, 4) is 0 Å². The summed E-state index contributed by atoms with van der Waals surface area (Å²) in [6.45, 7) is 3.32. The van der Waals surface area contributed by atoms with E-state index in [9.17, 15) is 8.78 Å². The number of aromatic nitrogens is 4. The van der Waals surface area contributed by atoms with Gasteiger partial charge >= 0.3 is 17.8 Å². The van der Waals surface area contributed by atoms with Crippen LogP contribution in [0.3, 0.4) is 0 Å². The van der Waals surface area contributed by atoms with Gasteiger partial charge in [-0.25, -0.2) is 9.97 Å². The summed E-state index contributed by atoms with van der Waals surface area (Å²) < 4.78 is 91.6. The first-order chi connectivity index (χ1) is 16.2. The third kappa shape index (κ3) is 2.45. The Morgan fingerprint density at radius 3 is 1.37 bits per heavy atom. The number of allylic oxidation sites excluding steroid dienone is 4. The van der Waals surface area contributed by atoms with Gasteiger partial charge in [-0.2, -0.15) is 26.3 Å². The van der Waals surface area contributed by atoms with Crippen molar-refractivity contribution in [2.24, 2.45) is 14.1 Å². The summed E-state index contributed by atoms with van der Waals surface area (Å²) in [6.07, 6.45) is 8.81. The van der Waals surface area contributed by atoms with Crippen LogP contribution in [0.25, 0.3) is 9.81 Å². The van der Waals surface area contributed by atoms with Crippen molar-refractivity contribution in [2.75, 3.05) is 0 Å².